The van der Waals surface area contributed by atoms with Crippen LogP contribution < -0.4 is 5.32 Å². The predicted octanol–water partition coefficient (Wildman–Crippen LogP) is 5.18. The van der Waals surface area contributed by atoms with E-state index in [9.17, 15) is 0 Å². The minimum atomic E-state index is 0.356. The molecule has 0 aliphatic heterocycles. The van der Waals surface area contributed by atoms with Gasteiger partial charge in [-0.3, -0.25) is 0 Å². The molecule has 3 rings (SSSR count). The molecule has 1 atom stereocenters. The van der Waals surface area contributed by atoms with E-state index >= 15 is 0 Å². The summed E-state index contributed by atoms with van der Waals surface area (Å²) in [7, 11) is 0. The number of nitrogens with one attached hydrogen (secondary N) is 1. The van der Waals surface area contributed by atoms with Gasteiger partial charge in [-0.1, -0.05) is 6.07 Å². The van der Waals surface area contributed by atoms with Crippen molar-refractivity contribution >= 4 is 33.0 Å². The molecule has 4 heteroatoms. The van der Waals surface area contributed by atoms with Crippen LogP contribution in [0.4, 0.5) is 5.69 Å². The van der Waals surface area contributed by atoms with Crippen LogP contribution in [0.15, 0.2) is 28.1 Å². The number of rotatable bonds is 2. The summed E-state index contributed by atoms with van der Waals surface area (Å²) in [6.45, 7) is 2.08. The number of nitrogens with zero attached hydrogens (tertiary/aromatic N) is 1. The predicted molar refractivity (Wildman–Crippen MR) is 87.2 cm³/mol. The maximum Gasteiger partial charge on any atom is 0.0992 e. The van der Waals surface area contributed by atoms with Crippen LogP contribution in [0.3, 0.4) is 0 Å². The van der Waals surface area contributed by atoms with Crippen LogP contribution >= 0.6 is 27.3 Å². The van der Waals surface area contributed by atoms with Gasteiger partial charge in [-0.2, -0.15) is 5.26 Å². The van der Waals surface area contributed by atoms with Gasteiger partial charge in [0, 0.05) is 10.6 Å². The summed E-state index contributed by atoms with van der Waals surface area (Å²) in [5.74, 6) is 0. The highest BCUT2D eigenvalue weighted by Crippen LogP contribution is 2.39. The number of hydrogen-bond acceptors (Lipinski definition) is 3. The van der Waals surface area contributed by atoms with Crippen molar-refractivity contribution in [2.24, 2.45) is 0 Å². The molecule has 0 spiro atoms. The third-order valence-electron chi connectivity index (χ3n) is 3.78. The topological polar surface area (TPSA) is 35.8 Å². The number of thiophene rings is 1. The zero-order valence-electron chi connectivity index (χ0n) is 11.2. The molecule has 2 aromatic rings. The van der Waals surface area contributed by atoms with Crippen LogP contribution in [0.5, 0.6) is 0 Å². The van der Waals surface area contributed by atoms with E-state index in [1.807, 2.05) is 29.5 Å². The fraction of sp³-hybridized carbons (Fsp3) is 0.312. The van der Waals surface area contributed by atoms with E-state index in [0.29, 0.717) is 11.6 Å². The van der Waals surface area contributed by atoms with Gasteiger partial charge in [0.05, 0.1) is 21.5 Å². The van der Waals surface area contributed by atoms with Crippen LogP contribution in [-0.2, 0) is 6.42 Å². The van der Waals surface area contributed by atoms with Crippen molar-refractivity contribution in [1.29, 1.82) is 5.26 Å². The van der Waals surface area contributed by atoms with Gasteiger partial charge < -0.3 is 5.32 Å². The maximum absolute atomic E-state index is 9.04. The van der Waals surface area contributed by atoms with Crippen molar-refractivity contribution in [2.75, 3.05) is 5.32 Å². The summed E-state index contributed by atoms with van der Waals surface area (Å²) in [6, 6.07) is 10.6. The second-order valence-corrected chi connectivity index (χ2v) is 7.68. The van der Waals surface area contributed by atoms with Gasteiger partial charge in [0.2, 0.25) is 0 Å². The highest BCUT2D eigenvalue weighted by Gasteiger charge is 2.22. The molecule has 1 aliphatic rings. The number of anilines is 1. The lowest BCUT2D eigenvalue weighted by Crippen LogP contribution is -2.16. The highest BCUT2D eigenvalue weighted by molar-refractivity contribution is 9.11. The summed E-state index contributed by atoms with van der Waals surface area (Å²) in [4.78, 5) is 1.48. The Bertz CT molecular complexity index is 684. The molecule has 0 saturated heterocycles. The first-order valence-electron chi connectivity index (χ1n) is 6.73. The van der Waals surface area contributed by atoms with E-state index in [2.05, 4.69) is 40.3 Å². The standard InChI is InChI=1S/C16H15BrN2S/c1-10-5-6-11(9-18)7-14(10)19-13-3-2-4-15-12(13)8-16(17)20-15/h5-8,13,19H,2-4H2,1H3. The molecule has 20 heavy (non-hydrogen) atoms. The molecular weight excluding hydrogens is 332 g/mol. The third-order valence-corrected chi connectivity index (χ3v) is 5.49. The molecule has 102 valence electrons. The van der Waals surface area contributed by atoms with Gasteiger partial charge in [-0.05, 0) is 71.4 Å². The SMILES string of the molecule is Cc1ccc(C#N)cc1NC1CCCc2sc(Br)cc21. The fourth-order valence-corrected chi connectivity index (χ4v) is 4.53. The monoisotopic (exact) mass is 346 g/mol. The lowest BCUT2D eigenvalue weighted by Gasteiger charge is -2.25. The quantitative estimate of drug-likeness (QED) is 0.812. The van der Waals surface area contributed by atoms with E-state index in [0.717, 1.165) is 12.1 Å². The molecule has 1 aromatic carbocycles. The van der Waals surface area contributed by atoms with Gasteiger partial charge in [-0.25, -0.2) is 0 Å². The average Bonchev–Trinajstić information content (AvgIpc) is 2.82. The van der Waals surface area contributed by atoms with Gasteiger partial charge in [0.15, 0.2) is 0 Å². The highest BCUT2D eigenvalue weighted by atomic mass is 79.9. The maximum atomic E-state index is 9.04. The lowest BCUT2D eigenvalue weighted by molar-refractivity contribution is 0.608. The molecule has 1 N–H and O–H groups in total. The first kappa shape index (κ1) is 13.7. The molecule has 1 aliphatic carbocycles. The Morgan fingerprint density at radius 2 is 2.25 bits per heavy atom. The fourth-order valence-electron chi connectivity index (χ4n) is 2.71. The Labute approximate surface area is 131 Å². The van der Waals surface area contributed by atoms with Gasteiger partial charge in [0.1, 0.15) is 0 Å². The second kappa shape index (κ2) is 5.59. The van der Waals surface area contributed by atoms with Crippen LogP contribution in [0, 0.1) is 18.3 Å². The molecule has 2 nitrogen and oxygen atoms in total. The van der Waals surface area contributed by atoms with Crippen molar-refractivity contribution in [1.82, 2.24) is 0 Å². The summed E-state index contributed by atoms with van der Waals surface area (Å²) >= 11 is 5.43. The van der Waals surface area contributed by atoms with E-state index in [-0.39, 0.29) is 0 Å². The molecule has 0 amide bonds. The average molecular weight is 347 g/mol. The Balaban J connectivity index is 1.91. The van der Waals surface area contributed by atoms with Gasteiger partial charge in [0.25, 0.3) is 0 Å². The second-order valence-electron chi connectivity index (χ2n) is 5.16. The number of fused-ring (bicyclic) bond motifs is 1. The van der Waals surface area contributed by atoms with Gasteiger partial charge in [-0.15, -0.1) is 11.3 Å². The van der Waals surface area contributed by atoms with Crippen LogP contribution in [0.25, 0.3) is 0 Å². The first-order chi connectivity index (χ1) is 9.67. The summed E-state index contributed by atoms with van der Waals surface area (Å²) in [6.07, 6.45) is 3.54. The summed E-state index contributed by atoms with van der Waals surface area (Å²) in [5.41, 5.74) is 4.38. The van der Waals surface area contributed by atoms with Crippen molar-refractivity contribution in [3.8, 4) is 6.07 Å². The van der Waals surface area contributed by atoms with Gasteiger partial charge >= 0.3 is 0 Å². The van der Waals surface area contributed by atoms with E-state index in [1.165, 1.54) is 32.6 Å². The Kier molecular flexibility index (Phi) is 3.82. The Morgan fingerprint density at radius 1 is 1.40 bits per heavy atom. The van der Waals surface area contributed by atoms with Crippen LogP contribution in [-0.4, -0.2) is 0 Å². The lowest BCUT2D eigenvalue weighted by atomic mass is 9.93. The molecule has 0 saturated carbocycles. The zero-order chi connectivity index (χ0) is 14.1. The summed E-state index contributed by atoms with van der Waals surface area (Å²) in [5, 5.41) is 12.7. The van der Waals surface area contributed by atoms with E-state index in [4.69, 9.17) is 5.26 Å². The minimum absolute atomic E-state index is 0.356. The third kappa shape index (κ3) is 2.61. The molecule has 0 fully saturated rings. The van der Waals surface area contributed by atoms with E-state index in [1.54, 1.807) is 0 Å². The Morgan fingerprint density at radius 3 is 3.05 bits per heavy atom. The van der Waals surface area contributed by atoms with Crippen molar-refractivity contribution in [2.45, 2.75) is 32.2 Å². The van der Waals surface area contributed by atoms with Crippen LogP contribution in [0.2, 0.25) is 0 Å². The molecule has 1 heterocycles. The van der Waals surface area contributed by atoms with Crippen molar-refractivity contribution in [3.05, 3.63) is 49.6 Å². The first-order valence-corrected chi connectivity index (χ1v) is 8.33. The molecular formula is C16H15BrN2S. The normalized spacial score (nSPS) is 17.4. The number of nitriles is 1. The van der Waals surface area contributed by atoms with E-state index < -0.39 is 0 Å². The molecule has 1 aromatic heterocycles. The number of aryl methyl sites for hydroxylation is 2. The molecule has 0 bridgehead atoms. The Hall–Kier alpha value is -1.31. The zero-order valence-corrected chi connectivity index (χ0v) is 13.6. The number of benzene rings is 1. The van der Waals surface area contributed by atoms with Crippen molar-refractivity contribution < 1.29 is 0 Å². The minimum Gasteiger partial charge on any atom is -0.378 e. The number of halogens is 1. The largest absolute Gasteiger partial charge is 0.378 e. The van der Waals surface area contributed by atoms with Crippen molar-refractivity contribution in [3.63, 3.8) is 0 Å². The molecule has 0 radical (unpaired) electrons. The smallest absolute Gasteiger partial charge is 0.0992 e. The molecule has 1 unspecified atom stereocenters. The number of hydrogen-bond donors (Lipinski definition) is 1. The van der Waals surface area contributed by atoms with Crippen LogP contribution in [0.1, 0.15) is 40.5 Å². The summed E-state index contributed by atoms with van der Waals surface area (Å²) < 4.78 is 1.21.